The van der Waals surface area contributed by atoms with E-state index in [1.165, 1.54) is 13.2 Å². The Morgan fingerprint density at radius 1 is 1.26 bits per heavy atom. The van der Waals surface area contributed by atoms with Crippen molar-refractivity contribution in [3.05, 3.63) is 27.2 Å². The van der Waals surface area contributed by atoms with Gasteiger partial charge in [0, 0.05) is 17.5 Å². The third-order valence-corrected chi connectivity index (χ3v) is 6.11. The number of hydrogen-bond donors (Lipinski definition) is 0. The van der Waals surface area contributed by atoms with E-state index in [1.54, 1.807) is 0 Å². The number of amides is 1. The Bertz CT molecular complexity index is 1190. The summed E-state index contributed by atoms with van der Waals surface area (Å²) in [5, 5.41) is -0.0780. The molecule has 0 N–H and O–H groups in total. The van der Waals surface area contributed by atoms with Crippen molar-refractivity contribution in [2.45, 2.75) is 18.6 Å². The van der Waals surface area contributed by atoms with Crippen LogP contribution in [0.5, 0.6) is 11.6 Å². The third-order valence-electron chi connectivity index (χ3n) is 4.33. The van der Waals surface area contributed by atoms with Crippen LogP contribution in [-0.2, 0) is 37.5 Å². The van der Waals surface area contributed by atoms with E-state index in [2.05, 4.69) is 13.9 Å². The van der Waals surface area contributed by atoms with E-state index < -0.39 is 34.0 Å². The largest absolute Gasteiger partial charge is 0.534 e. The van der Waals surface area contributed by atoms with Crippen molar-refractivity contribution in [2.75, 3.05) is 13.7 Å². The monoisotopic (exact) mass is 502 g/mol. The fourth-order valence-corrected chi connectivity index (χ4v) is 3.81. The first kappa shape index (κ1) is 23.2. The van der Waals surface area contributed by atoms with Gasteiger partial charge in [0.25, 0.3) is 12.4 Å². The number of carbonyl (C=O) groups is 2. The van der Waals surface area contributed by atoms with Gasteiger partial charge in [0.1, 0.15) is 10.8 Å². The van der Waals surface area contributed by atoms with E-state index in [9.17, 15) is 31.2 Å². The Balaban J connectivity index is 2.21. The van der Waals surface area contributed by atoms with Gasteiger partial charge in [-0.3, -0.25) is 9.59 Å². The highest BCUT2D eigenvalue weighted by molar-refractivity contribution is 7.87. The number of hydrogen-bond acceptors (Lipinski definition) is 8. The third kappa shape index (κ3) is 4.16. The molecule has 9 nitrogen and oxygen atoms in total. The van der Waals surface area contributed by atoms with Crippen molar-refractivity contribution in [1.82, 2.24) is 9.88 Å². The molecule has 1 aliphatic heterocycles. The highest BCUT2D eigenvalue weighted by Gasteiger charge is 2.49. The summed E-state index contributed by atoms with van der Waals surface area (Å²) in [5.41, 5.74) is -5.75. The number of rotatable bonds is 6. The van der Waals surface area contributed by atoms with Gasteiger partial charge in [-0.05, 0) is 11.6 Å². The zero-order valence-electron chi connectivity index (χ0n) is 15.3. The Kier molecular flexibility index (Phi) is 6.13. The molecule has 0 spiro atoms. The minimum atomic E-state index is -6.07. The first-order valence-corrected chi connectivity index (χ1v) is 10.3. The Labute approximate surface area is 182 Å². The summed E-state index contributed by atoms with van der Waals surface area (Å²) < 4.78 is 75.5. The maximum absolute atomic E-state index is 12.9. The number of aromatic nitrogens is 1. The van der Waals surface area contributed by atoms with Gasteiger partial charge in [-0.1, -0.05) is 23.2 Å². The van der Waals surface area contributed by atoms with Crippen LogP contribution in [0.15, 0.2) is 6.07 Å². The van der Waals surface area contributed by atoms with E-state index in [1.807, 2.05) is 0 Å². The van der Waals surface area contributed by atoms with Gasteiger partial charge in [-0.25, -0.2) is 4.98 Å². The van der Waals surface area contributed by atoms with Gasteiger partial charge in [0.15, 0.2) is 6.61 Å². The van der Waals surface area contributed by atoms with Crippen molar-refractivity contribution < 1.29 is 44.8 Å². The minimum absolute atomic E-state index is 0.0507. The number of nitrogens with zero attached hydrogens (tertiary/aromatic N) is 2. The van der Waals surface area contributed by atoms with E-state index in [-0.39, 0.29) is 57.4 Å². The Morgan fingerprint density at radius 2 is 1.90 bits per heavy atom. The molecule has 0 aliphatic carbocycles. The lowest BCUT2D eigenvalue weighted by Crippen LogP contribution is -2.30. The van der Waals surface area contributed by atoms with Crippen LogP contribution in [0.25, 0.3) is 10.9 Å². The Morgan fingerprint density at radius 3 is 2.48 bits per heavy atom. The van der Waals surface area contributed by atoms with Gasteiger partial charge in [-0.15, -0.1) is 0 Å². The van der Waals surface area contributed by atoms with Gasteiger partial charge in [-0.2, -0.15) is 21.6 Å². The molecule has 2 aromatic rings. The second-order valence-electron chi connectivity index (χ2n) is 6.12. The van der Waals surface area contributed by atoms with Crippen LogP contribution in [0.4, 0.5) is 13.2 Å². The molecule has 0 bridgehead atoms. The molecule has 1 aromatic carbocycles. The molecule has 168 valence electrons. The van der Waals surface area contributed by atoms with Gasteiger partial charge in [0.05, 0.1) is 24.2 Å². The summed E-state index contributed by atoms with van der Waals surface area (Å²) in [6.45, 7) is -1.12. The van der Waals surface area contributed by atoms with E-state index in [0.29, 0.717) is 0 Å². The molecule has 0 fully saturated rings. The summed E-state index contributed by atoms with van der Waals surface area (Å²) in [4.78, 5) is 27.5. The van der Waals surface area contributed by atoms with Gasteiger partial charge < -0.3 is 18.6 Å². The quantitative estimate of drug-likeness (QED) is 0.336. The standard InChI is InChI=1S/C16H11Cl2F3N2O7S/c1-28-10-2-7-8-3-23(11(25)5-29-6-24)4-9(8)15(22-14(7)13(18)12(10)17)30-31(26,27)16(19,20)21/h2,6H,3-5H2,1H3. The lowest BCUT2D eigenvalue weighted by molar-refractivity contribution is -0.143. The van der Waals surface area contributed by atoms with Crippen LogP contribution in [0, 0.1) is 0 Å². The van der Waals surface area contributed by atoms with Gasteiger partial charge in [0.2, 0.25) is 5.88 Å². The van der Waals surface area contributed by atoms with Crippen molar-refractivity contribution in [2.24, 2.45) is 0 Å². The molecule has 3 rings (SSSR count). The lowest BCUT2D eigenvalue weighted by atomic mass is 10.1. The second kappa shape index (κ2) is 8.20. The van der Waals surface area contributed by atoms with Crippen LogP contribution in [0.3, 0.4) is 0 Å². The van der Waals surface area contributed by atoms with Crippen LogP contribution in [0.1, 0.15) is 11.1 Å². The molecule has 1 amide bonds. The molecule has 1 aromatic heterocycles. The maximum Gasteiger partial charge on any atom is 0.534 e. The number of carbonyl (C=O) groups excluding carboxylic acids is 2. The van der Waals surface area contributed by atoms with Crippen LogP contribution >= 0.6 is 23.2 Å². The molecule has 2 heterocycles. The zero-order chi connectivity index (χ0) is 23.1. The molecule has 0 atom stereocenters. The van der Waals surface area contributed by atoms with Crippen molar-refractivity contribution in [1.29, 1.82) is 0 Å². The number of halogens is 5. The fourth-order valence-electron chi connectivity index (χ4n) is 2.92. The average molecular weight is 503 g/mol. The topological polar surface area (TPSA) is 112 Å². The fraction of sp³-hybridized carbons (Fsp3) is 0.312. The number of fused-ring (bicyclic) bond motifs is 3. The molecular formula is C16H11Cl2F3N2O7S. The molecule has 0 unspecified atom stereocenters. The Hall–Kier alpha value is -2.51. The smallest absolute Gasteiger partial charge is 0.495 e. The van der Waals surface area contributed by atoms with Gasteiger partial charge >= 0.3 is 15.6 Å². The lowest BCUT2D eigenvalue weighted by Gasteiger charge is -2.15. The molecule has 1 aliphatic rings. The van der Waals surface area contributed by atoms with E-state index >= 15 is 0 Å². The molecule has 0 saturated carbocycles. The predicted octanol–water partition coefficient (Wildman–Crippen LogP) is 2.79. The van der Waals surface area contributed by atoms with Crippen LogP contribution in [-0.4, -0.2) is 49.9 Å². The average Bonchev–Trinajstić information content (AvgIpc) is 3.14. The van der Waals surface area contributed by atoms with Crippen LogP contribution < -0.4 is 8.92 Å². The molecular weight excluding hydrogens is 492 g/mol. The van der Waals surface area contributed by atoms with Crippen molar-refractivity contribution >= 4 is 56.6 Å². The number of methoxy groups -OCH3 is 1. The summed E-state index contributed by atoms with van der Waals surface area (Å²) >= 11 is 12.2. The maximum atomic E-state index is 12.9. The molecule has 31 heavy (non-hydrogen) atoms. The first-order chi connectivity index (χ1) is 14.4. The summed E-state index contributed by atoms with van der Waals surface area (Å²) in [5.74, 6) is -1.48. The summed E-state index contributed by atoms with van der Waals surface area (Å²) in [6.07, 6.45) is 0. The SMILES string of the molecule is COc1cc2c3c(c(OS(=O)(=O)C(F)(F)F)nc2c(Cl)c1Cl)CN(C(=O)COC=O)C3. The number of alkyl halides is 3. The molecule has 15 heteroatoms. The first-order valence-electron chi connectivity index (χ1n) is 8.12. The molecule has 0 saturated heterocycles. The number of benzene rings is 1. The number of pyridine rings is 1. The van der Waals surface area contributed by atoms with Crippen molar-refractivity contribution in [3.8, 4) is 11.6 Å². The number of ether oxygens (including phenoxy) is 2. The second-order valence-corrected chi connectivity index (χ2v) is 8.41. The zero-order valence-corrected chi connectivity index (χ0v) is 17.7. The summed E-state index contributed by atoms with van der Waals surface area (Å²) in [6, 6.07) is 1.40. The highest BCUT2D eigenvalue weighted by Crippen LogP contribution is 2.44. The highest BCUT2D eigenvalue weighted by atomic mass is 35.5. The molecule has 0 radical (unpaired) electrons. The minimum Gasteiger partial charge on any atom is -0.495 e. The van der Waals surface area contributed by atoms with Crippen LogP contribution in [0.2, 0.25) is 10.0 Å². The van der Waals surface area contributed by atoms with E-state index in [4.69, 9.17) is 27.9 Å². The normalized spacial score (nSPS) is 13.8. The van der Waals surface area contributed by atoms with Crippen molar-refractivity contribution in [3.63, 3.8) is 0 Å². The van der Waals surface area contributed by atoms with E-state index in [0.717, 1.165) is 4.90 Å². The predicted molar refractivity (Wildman–Crippen MR) is 100 cm³/mol. The summed E-state index contributed by atoms with van der Waals surface area (Å²) in [7, 11) is -4.76.